The maximum Gasteiger partial charge on any atom is 0.338 e. The number of halogens is 2. The van der Waals surface area contributed by atoms with Crippen molar-refractivity contribution < 1.29 is 14.3 Å². The summed E-state index contributed by atoms with van der Waals surface area (Å²) >= 11 is 13.6. The van der Waals surface area contributed by atoms with Crippen LogP contribution in [0.25, 0.3) is 0 Å². The molecule has 0 aliphatic heterocycles. The van der Waals surface area contributed by atoms with E-state index in [1.807, 2.05) is 18.2 Å². The lowest BCUT2D eigenvalue weighted by atomic mass is 10.1. The number of ether oxygens (including phenoxy) is 1. The summed E-state index contributed by atoms with van der Waals surface area (Å²) in [6.45, 7) is -0.427. The van der Waals surface area contributed by atoms with E-state index < -0.39 is 18.5 Å². The molecule has 0 saturated carbocycles. The lowest BCUT2D eigenvalue weighted by Gasteiger charge is -2.06. The summed E-state index contributed by atoms with van der Waals surface area (Å²) in [6, 6.07) is 12.2. The molecule has 2 aromatic carbocycles. The van der Waals surface area contributed by atoms with E-state index in [-0.39, 0.29) is 0 Å². The Morgan fingerprint density at radius 2 is 1.78 bits per heavy atom. The van der Waals surface area contributed by atoms with Gasteiger partial charge in [-0.25, -0.2) is 4.79 Å². The smallest absolute Gasteiger partial charge is 0.338 e. The van der Waals surface area contributed by atoms with Crippen molar-refractivity contribution in [1.29, 1.82) is 0 Å². The van der Waals surface area contributed by atoms with Crippen molar-refractivity contribution in [2.45, 2.75) is 10.6 Å². The maximum absolute atomic E-state index is 11.7. The van der Waals surface area contributed by atoms with Crippen LogP contribution >= 0.6 is 35.0 Å². The maximum atomic E-state index is 11.7. The van der Waals surface area contributed by atoms with Crippen LogP contribution in [0.5, 0.6) is 0 Å². The van der Waals surface area contributed by atoms with Gasteiger partial charge in [-0.05, 0) is 35.9 Å². The second kappa shape index (κ2) is 8.24. The summed E-state index contributed by atoms with van der Waals surface area (Å²) < 4.78 is 4.74. The number of thioether (sulfide) groups is 1. The Balaban J connectivity index is 1.96. The fourth-order valence-electron chi connectivity index (χ4n) is 1.71. The molecule has 0 fully saturated rings. The Morgan fingerprint density at radius 3 is 2.43 bits per heavy atom. The highest BCUT2D eigenvalue weighted by Crippen LogP contribution is 2.32. The molecule has 0 aliphatic carbocycles. The molecule has 0 saturated heterocycles. The van der Waals surface area contributed by atoms with Gasteiger partial charge in [0.15, 0.2) is 6.61 Å². The lowest BCUT2D eigenvalue weighted by molar-refractivity contribution is -0.121. The van der Waals surface area contributed by atoms with Crippen molar-refractivity contribution in [3.05, 3.63) is 63.6 Å². The Hall–Kier alpha value is -1.69. The van der Waals surface area contributed by atoms with Crippen LogP contribution in [0, 0.1) is 0 Å². The largest absolute Gasteiger partial charge is 0.452 e. The molecular formula is C16H13Cl2NO3S. The summed E-state index contributed by atoms with van der Waals surface area (Å²) in [6.07, 6.45) is 0. The molecular weight excluding hydrogens is 357 g/mol. The van der Waals surface area contributed by atoms with Gasteiger partial charge in [0.2, 0.25) is 0 Å². The van der Waals surface area contributed by atoms with Crippen molar-refractivity contribution in [3.8, 4) is 0 Å². The minimum Gasteiger partial charge on any atom is -0.452 e. The molecule has 7 heteroatoms. The molecule has 2 aromatic rings. The van der Waals surface area contributed by atoms with Crippen LogP contribution in [0.4, 0.5) is 0 Å². The quantitative estimate of drug-likeness (QED) is 0.618. The lowest BCUT2D eigenvalue weighted by Crippen LogP contribution is -2.20. The molecule has 1 amide bonds. The molecule has 0 aliphatic rings. The number of carbonyl (C=O) groups is 2. The third-order valence-electron chi connectivity index (χ3n) is 2.82. The highest BCUT2D eigenvalue weighted by molar-refractivity contribution is 7.98. The average Bonchev–Trinajstić information content (AvgIpc) is 2.54. The predicted octanol–water partition coefficient (Wildman–Crippen LogP) is 3.93. The first-order valence-corrected chi connectivity index (χ1v) is 8.32. The summed E-state index contributed by atoms with van der Waals surface area (Å²) in [5.74, 6) is -0.595. The van der Waals surface area contributed by atoms with Gasteiger partial charge in [-0.2, -0.15) is 0 Å². The summed E-state index contributed by atoms with van der Waals surface area (Å²) in [4.78, 5) is 23.1. The van der Waals surface area contributed by atoms with E-state index in [0.717, 1.165) is 10.5 Å². The molecule has 4 nitrogen and oxygen atoms in total. The van der Waals surface area contributed by atoms with E-state index in [1.165, 1.54) is 0 Å². The first-order chi connectivity index (χ1) is 11.0. The van der Waals surface area contributed by atoms with Crippen molar-refractivity contribution in [2.75, 3.05) is 6.61 Å². The van der Waals surface area contributed by atoms with Gasteiger partial charge in [0.05, 0.1) is 10.6 Å². The SMILES string of the molecule is NC(=O)COC(=O)c1ccc(CSc2cc(Cl)ccc2Cl)cc1. The van der Waals surface area contributed by atoms with E-state index in [2.05, 4.69) is 0 Å². The van der Waals surface area contributed by atoms with Crippen LogP contribution in [0.3, 0.4) is 0 Å². The monoisotopic (exact) mass is 369 g/mol. The van der Waals surface area contributed by atoms with Crippen molar-refractivity contribution in [3.63, 3.8) is 0 Å². The van der Waals surface area contributed by atoms with Crippen LogP contribution in [-0.2, 0) is 15.3 Å². The summed E-state index contributed by atoms with van der Waals surface area (Å²) in [7, 11) is 0. The molecule has 2 N–H and O–H groups in total. The number of amides is 1. The minimum absolute atomic E-state index is 0.362. The Kier molecular flexibility index (Phi) is 6.33. The highest BCUT2D eigenvalue weighted by Gasteiger charge is 2.09. The minimum atomic E-state index is -0.690. The topological polar surface area (TPSA) is 69.4 Å². The molecule has 23 heavy (non-hydrogen) atoms. The van der Waals surface area contributed by atoms with Gasteiger partial charge < -0.3 is 10.5 Å². The van der Waals surface area contributed by atoms with Gasteiger partial charge >= 0.3 is 5.97 Å². The Labute approximate surface area is 147 Å². The van der Waals surface area contributed by atoms with E-state index in [4.69, 9.17) is 33.7 Å². The normalized spacial score (nSPS) is 10.3. The molecule has 120 valence electrons. The molecule has 0 radical (unpaired) electrons. The van der Waals surface area contributed by atoms with Gasteiger partial charge in [-0.3, -0.25) is 4.79 Å². The van der Waals surface area contributed by atoms with E-state index >= 15 is 0 Å². The third-order valence-corrected chi connectivity index (χ3v) is 4.63. The number of esters is 1. The van der Waals surface area contributed by atoms with Crippen LogP contribution in [0.1, 0.15) is 15.9 Å². The van der Waals surface area contributed by atoms with E-state index in [1.54, 1.807) is 36.0 Å². The van der Waals surface area contributed by atoms with Gasteiger partial charge in [0.1, 0.15) is 0 Å². The van der Waals surface area contributed by atoms with Crippen LogP contribution in [0.15, 0.2) is 47.4 Å². The second-order valence-corrected chi connectivity index (χ2v) is 6.46. The molecule has 0 heterocycles. The van der Waals surface area contributed by atoms with Crippen molar-refractivity contribution in [2.24, 2.45) is 5.73 Å². The number of primary amides is 1. The van der Waals surface area contributed by atoms with Crippen LogP contribution in [-0.4, -0.2) is 18.5 Å². The molecule has 0 unspecified atom stereocenters. The Bertz CT molecular complexity index is 720. The molecule has 0 bridgehead atoms. The summed E-state index contributed by atoms with van der Waals surface area (Å²) in [5, 5.41) is 1.27. The van der Waals surface area contributed by atoms with Crippen LogP contribution in [0.2, 0.25) is 10.0 Å². The standard InChI is InChI=1S/C16H13Cl2NO3S/c17-12-5-6-13(18)14(7-12)23-9-10-1-3-11(4-2-10)16(21)22-8-15(19)20/h1-7H,8-9H2,(H2,19,20). The zero-order valence-corrected chi connectivity index (χ0v) is 14.3. The molecule has 0 aromatic heterocycles. The number of carbonyl (C=O) groups excluding carboxylic acids is 2. The molecule has 0 spiro atoms. The van der Waals surface area contributed by atoms with Crippen molar-refractivity contribution in [1.82, 2.24) is 0 Å². The van der Waals surface area contributed by atoms with Gasteiger partial charge in [0.25, 0.3) is 5.91 Å². The van der Waals surface area contributed by atoms with Gasteiger partial charge in [-0.15, -0.1) is 11.8 Å². The molecule has 0 atom stereocenters. The highest BCUT2D eigenvalue weighted by atomic mass is 35.5. The number of hydrogen-bond acceptors (Lipinski definition) is 4. The summed E-state index contributed by atoms with van der Waals surface area (Å²) in [5.41, 5.74) is 6.29. The Morgan fingerprint density at radius 1 is 1.09 bits per heavy atom. The average molecular weight is 370 g/mol. The van der Waals surface area contributed by atoms with E-state index in [9.17, 15) is 9.59 Å². The predicted molar refractivity (Wildman–Crippen MR) is 91.9 cm³/mol. The fraction of sp³-hybridized carbons (Fsp3) is 0.125. The zero-order chi connectivity index (χ0) is 16.8. The fourth-order valence-corrected chi connectivity index (χ4v) is 3.15. The number of nitrogens with two attached hydrogens (primary N) is 1. The van der Waals surface area contributed by atoms with Crippen molar-refractivity contribution >= 4 is 46.8 Å². The van der Waals surface area contributed by atoms with Crippen LogP contribution < -0.4 is 5.73 Å². The molecule has 2 rings (SSSR count). The van der Waals surface area contributed by atoms with Gasteiger partial charge in [0, 0.05) is 15.7 Å². The number of hydrogen-bond donors (Lipinski definition) is 1. The third kappa shape index (κ3) is 5.46. The number of rotatable bonds is 6. The second-order valence-electron chi connectivity index (χ2n) is 4.60. The number of benzene rings is 2. The zero-order valence-electron chi connectivity index (χ0n) is 11.9. The first-order valence-electron chi connectivity index (χ1n) is 6.58. The van der Waals surface area contributed by atoms with E-state index in [0.29, 0.717) is 21.4 Å². The first kappa shape index (κ1) is 17.7. The van der Waals surface area contributed by atoms with Gasteiger partial charge in [-0.1, -0.05) is 35.3 Å².